The zero-order valence-electron chi connectivity index (χ0n) is 16.6. The number of benzene rings is 1. The van der Waals surface area contributed by atoms with E-state index in [1.165, 1.54) is 0 Å². The molecule has 0 spiro atoms. The molecule has 1 unspecified atom stereocenters. The van der Waals surface area contributed by atoms with Crippen LogP contribution < -0.4 is 10.1 Å². The molecular formula is C21H24F3N3O3. The average molecular weight is 423 g/mol. The number of amides is 1. The molecule has 0 bridgehead atoms. The number of aromatic nitrogens is 1. The molecule has 1 saturated heterocycles. The Balaban J connectivity index is 1.48. The molecule has 0 aliphatic carbocycles. The second kappa shape index (κ2) is 9.90. The van der Waals surface area contributed by atoms with Gasteiger partial charge in [-0.05, 0) is 43.7 Å². The van der Waals surface area contributed by atoms with E-state index in [-0.39, 0.29) is 17.8 Å². The van der Waals surface area contributed by atoms with Crippen molar-refractivity contribution >= 4 is 5.91 Å². The monoisotopic (exact) mass is 423 g/mol. The number of rotatable bonds is 7. The van der Waals surface area contributed by atoms with E-state index in [2.05, 4.69) is 15.2 Å². The van der Waals surface area contributed by atoms with Crippen molar-refractivity contribution in [3.05, 3.63) is 53.7 Å². The minimum atomic E-state index is -4.44. The second-order valence-electron chi connectivity index (χ2n) is 7.13. The molecular weight excluding hydrogens is 399 g/mol. The van der Waals surface area contributed by atoms with Crippen LogP contribution in [0.2, 0.25) is 0 Å². The van der Waals surface area contributed by atoms with E-state index >= 15 is 0 Å². The van der Waals surface area contributed by atoms with Crippen LogP contribution in [0.4, 0.5) is 13.2 Å². The Hall–Kier alpha value is -2.65. The number of hydrogen-bond donors (Lipinski definition) is 1. The number of alkyl halides is 3. The second-order valence-corrected chi connectivity index (χ2v) is 7.13. The highest BCUT2D eigenvalue weighted by Gasteiger charge is 2.30. The average Bonchev–Trinajstić information content (AvgIpc) is 2.73. The maximum absolute atomic E-state index is 12.6. The molecule has 0 saturated carbocycles. The first kappa shape index (κ1) is 22.0. The Morgan fingerprint density at radius 1 is 1.20 bits per heavy atom. The van der Waals surface area contributed by atoms with Gasteiger partial charge in [0.1, 0.15) is 5.75 Å². The Bertz CT molecular complexity index is 820. The highest BCUT2D eigenvalue weighted by molar-refractivity contribution is 5.94. The number of morpholine rings is 1. The third-order valence-corrected chi connectivity index (χ3v) is 4.76. The van der Waals surface area contributed by atoms with Crippen molar-refractivity contribution in [3.63, 3.8) is 0 Å². The van der Waals surface area contributed by atoms with Crippen LogP contribution in [-0.4, -0.2) is 54.7 Å². The quantitative estimate of drug-likeness (QED) is 0.735. The van der Waals surface area contributed by atoms with Crippen LogP contribution in [0.25, 0.3) is 0 Å². The van der Waals surface area contributed by atoms with Gasteiger partial charge in [-0.2, -0.15) is 13.2 Å². The molecule has 1 aliphatic heterocycles. The summed E-state index contributed by atoms with van der Waals surface area (Å²) in [6.07, 6.45) is -2.89. The van der Waals surface area contributed by atoms with Gasteiger partial charge in [-0.25, -0.2) is 4.98 Å². The summed E-state index contributed by atoms with van der Waals surface area (Å²) in [6.45, 7) is 6.18. The maximum Gasteiger partial charge on any atom is 0.417 e. The minimum absolute atomic E-state index is 0.0209. The molecule has 1 fully saturated rings. The van der Waals surface area contributed by atoms with Crippen LogP contribution in [0.3, 0.4) is 0 Å². The first-order valence-corrected chi connectivity index (χ1v) is 9.73. The lowest BCUT2D eigenvalue weighted by atomic mass is 10.1. The van der Waals surface area contributed by atoms with Crippen LogP contribution in [0.5, 0.6) is 11.6 Å². The molecule has 1 atom stereocenters. The van der Waals surface area contributed by atoms with Crippen molar-refractivity contribution in [1.29, 1.82) is 0 Å². The lowest BCUT2D eigenvalue weighted by molar-refractivity contribution is -0.137. The SMILES string of the molecule is CC(CCN1CCOCC1)NC(=O)c1ccc(Oc2ccc(C(F)(F)F)cn2)cc1. The van der Waals surface area contributed by atoms with Crippen LogP contribution in [0, 0.1) is 0 Å². The van der Waals surface area contributed by atoms with Gasteiger partial charge in [-0.3, -0.25) is 9.69 Å². The summed E-state index contributed by atoms with van der Waals surface area (Å²) in [5, 5.41) is 2.97. The van der Waals surface area contributed by atoms with Crippen molar-refractivity contribution in [2.45, 2.75) is 25.6 Å². The fourth-order valence-corrected chi connectivity index (χ4v) is 2.98. The molecule has 9 heteroatoms. The van der Waals surface area contributed by atoms with Crippen molar-refractivity contribution in [1.82, 2.24) is 15.2 Å². The van der Waals surface area contributed by atoms with Gasteiger partial charge in [-0.1, -0.05) is 0 Å². The molecule has 6 nitrogen and oxygen atoms in total. The van der Waals surface area contributed by atoms with Crippen molar-refractivity contribution in [3.8, 4) is 11.6 Å². The Morgan fingerprint density at radius 2 is 1.90 bits per heavy atom. The number of ether oxygens (including phenoxy) is 2. The lowest BCUT2D eigenvalue weighted by Gasteiger charge is -2.27. The number of hydrogen-bond acceptors (Lipinski definition) is 5. The van der Waals surface area contributed by atoms with Crippen LogP contribution in [0.1, 0.15) is 29.3 Å². The summed E-state index contributed by atoms with van der Waals surface area (Å²) in [4.78, 5) is 18.4. The fourth-order valence-electron chi connectivity index (χ4n) is 2.98. The molecule has 1 amide bonds. The molecule has 30 heavy (non-hydrogen) atoms. The Morgan fingerprint density at radius 3 is 2.50 bits per heavy atom. The molecule has 2 aromatic rings. The van der Waals surface area contributed by atoms with E-state index in [0.29, 0.717) is 11.3 Å². The molecule has 1 aliphatic rings. The highest BCUT2D eigenvalue weighted by Crippen LogP contribution is 2.30. The minimum Gasteiger partial charge on any atom is -0.439 e. The summed E-state index contributed by atoms with van der Waals surface area (Å²) < 4.78 is 48.5. The predicted octanol–water partition coefficient (Wildman–Crippen LogP) is 3.73. The Kier molecular flexibility index (Phi) is 7.28. The molecule has 1 aromatic heterocycles. The molecule has 0 radical (unpaired) electrons. The van der Waals surface area contributed by atoms with E-state index in [1.807, 2.05) is 6.92 Å². The zero-order valence-corrected chi connectivity index (χ0v) is 16.6. The van der Waals surface area contributed by atoms with E-state index in [0.717, 1.165) is 57.6 Å². The number of carbonyl (C=O) groups excluding carboxylic acids is 1. The van der Waals surface area contributed by atoms with Gasteiger partial charge < -0.3 is 14.8 Å². The standard InChI is InChI=1S/C21H24F3N3O3/c1-15(8-9-27-10-12-29-13-11-27)26-20(28)16-2-5-18(6-3-16)30-19-7-4-17(14-25-19)21(22,23)24/h2-7,14-15H,8-13H2,1H3,(H,26,28). The summed E-state index contributed by atoms with van der Waals surface area (Å²) >= 11 is 0. The fraction of sp³-hybridized carbons (Fsp3) is 0.429. The van der Waals surface area contributed by atoms with E-state index in [4.69, 9.17) is 9.47 Å². The number of nitrogens with zero attached hydrogens (tertiary/aromatic N) is 2. The van der Waals surface area contributed by atoms with Crippen LogP contribution >= 0.6 is 0 Å². The molecule has 2 heterocycles. The first-order chi connectivity index (χ1) is 14.3. The number of pyridine rings is 1. The zero-order chi connectivity index (χ0) is 21.6. The number of nitrogens with one attached hydrogen (secondary N) is 1. The normalized spacial score (nSPS) is 16.1. The Labute approximate surface area is 173 Å². The lowest BCUT2D eigenvalue weighted by Crippen LogP contribution is -2.40. The molecule has 3 rings (SSSR count). The smallest absolute Gasteiger partial charge is 0.417 e. The van der Waals surface area contributed by atoms with Crippen molar-refractivity contribution in [2.75, 3.05) is 32.8 Å². The first-order valence-electron chi connectivity index (χ1n) is 9.73. The summed E-state index contributed by atoms with van der Waals surface area (Å²) in [5.74, 6) is 0.222. The van der Waals surface area contributed by atoms with Gasteiger partial charge in [-0.15, -0.1) is 0 Å². The topological polar surface area (TPSA) is 63.7 Å². The third-order valence-electron chi connectivity index (χ3n) is 4.76. The van der Waals surface area contributed by atoms with Gasteiger partial charge in [0, 0.05) is 43.5 Å². The number of halogens is 3. The van der Waals surface area contributed by atoms with Gasteiger partial charge in [0.05, 0.1) is 18.8 Å². The van der Waals surface area contributed by atoms with E-state index in [1.54, 1.807) is 24.3 Å². The molecule has 1 aromatic carbocycles. The van der Waals surface area contributed by atoms with Gasteiger partial charge >= 0.3 is 6.18 Å². The predicted molar refractivity (Wildman–Crippen MR) is 105 cm³/mol. The summed E-state index contributed by atoms with van der Waals surface area (Å²) in [5.41, 5.74) is -0.370. The molecule has 162 valence electrons. The maximum atomic E-state index is 12.6. The number of carbonyl (C=O) groups is 1. The van der Waals surface area contributed by atoms with Gasteiger partial charge in [0.15, 0.2) is 0 Å². The van der Waals surface area contributed by atoms with E-state index < -0.39 is 11.7 Å². The van der Waals surface area contributed by atoms with Gasteiger partial charge in [0.2, 0.25) is 5.88 Å². The van der Waals surface area contributed by atoms with E-state index in [9.17, 15) is 18.0 Å². The highest BCUT2D eigenvalue weighted by atomic mass is 19.4. The van der Waals surface area contributed by atoms with Crippen molar-refractivity contribution < 1.29 is 27.4 Å². The van der Waals surface area contributed by atoms with Crippen LogP contribution in [-0.2, 0) is 10.9 Å². The van der Waals surface area contributed by atoms with Crippen LogP contribution in [0.15, 0.2) is 42.6 Å². The third kappa shape index (κ3) is 6.43. The largest absolute Gasteiger partial charge is 0.439 e. The van der Waals surface area contributed by atoms with Gasteiger partial charge in [0.25, 0.3) is 5.91 Å². The molecule has 1 N–H and O–H groups in total. The summed E-state index contributed by atoms with van der Waals surface area (Å²) in [6, 6.07) is 8.43. The summed E-state index contributed by atoms with van der Waals surface area (Å²) in [7, 11) is 0. The van der Waals surface area contributed by atoms with Crippen molar-refractivity contribution in [2.24, 2.45) is 0 Å².